The minimum Gasteiger partial charge on any atom is -0.488 e. The number of carboxylic acid groups (broad SMARTS) is 1. The Hall–Kier alpha value is -2.02. The highest BCUT2D eigenvalue weighted by molar-refractivity contribution is 7.09. The number of carboxylic acids is 1. The standard InChI is InChI=1S/C13H9F3O3S/c14-13(15,16)11-6-8(3-4-10(11)12(17)18)19-7-9-2-1-5-20-9/h1-6H,7H2,(H,17,18). The number of carbonyl (C=O) groups is 1. The summed E-state index contributed by atoms with van der Waals surface area (Å²) < 4.78 is 43.6. The molecule has 0 saturated heterocycles. The number of halogens is 3. The second kappa shape index (κ2) is 5.54. The predicted octanol–water partition coefficient (Wildman–Crippen LogP) is 4.04. The molecule has 0 atom stereocenters. The smallest absolute Gasteiger partial charge is 0.417 e. The molecule has 1 aromatic heterocycles. The molecular weight excluding hydrogens is 293 g/mol. The Morgan fingerprint density at radius 3 is 2.60 bits per heavy atom. The Morgan fingerprint density at radius 2 is 2.05 bits per heavy atom. The van der Waals surface area contributed by atoms with Crippen LogP contribution in [0.3, 0.4) is 0 Å². The minimum atomic E-state index is -4.74. The van der Waals surface area contributed by atoms with Gasteiger partial charge in [-0.15, -0.1) is 11.3 Å². The van der Waals surface area contributed by atoms with Crippen LogP contribution in [0.5, 0.6) is 5.75 Å². The Bertz CT molecular complexity index is 606. The Balaban J connectivity index is 2.25. The van der Waals surface area contributed by atoms with Gasteiger partial charge >= 0.3 is 12.1 Å². The number of alkyl halides is 3. The highest BCUT2D eigenvalue weighted by Crippen LogP contribution is 2.34. The zero-order valence-electron chi connectivity index (χ0n) is 9.98. The summed E-state index contributed by atoms with van der Waals surface area (Å²) in [5.74, 6) is -1.64. The van der Waals surface area contributed by atoms with E-state index < -0.39 is 23.3 Å². The summed E-state index contributed by atoms with van der Waals surface area (Å²) in [6.45, 7) is 0.140. The van der Waals surface area contributed by atoms with E-state index in [9.17, 15) is 18.0 Å². The molecule has 7 heteroatoms. The zero-order chi connectivity index (χ0) is 14.8. The summed E-state index contributed by atoms with van der Waals surface area (Å²) in [5, 5.41) is 10.6. The van der Waals surface area contributed by atoms with Crippen molar-refractivity contribution >= 4 is 17.3 Å². The molecule has 0 unspecified atom stereocenters. The number of benzene rings is 1. The van der Waals surface area contributed by atoms with Crippen LogP contribution in [0.15, 0.2) is 35.7 Å². The first-order valence-electron chi connectivity index (χ1n) is 5.47. The third-order valence-corrected chi connectivity index (χ3v) is 3.34. The van der Waals surface area contributed by atoms with Gasteiger partial charge in [0, 0.05) is 4.88 Å². The highest BCUT2D eigenvalue weighted by Gasteiger charge is 2.35. The minimum absolute atomic E-state index is 0.0178. The largest absolute Gasteiger partial charge is 0.488 e. The SMILES string of the molecule is O=C(O)c1ccc(OCc2cccs2)cc1C(F)(F)F. The van der Waals surface area contributed by atoms with E-state index in [0.717, 1.165) is 10.9 Å². The summed E-state index contributed by atoms with van der Waals surface area (Å²) in [5.41, 5.74) is -2.00. The fraction of sp³-hybridized carbons (Fsp3) is 0.154. The van der Waals surface area contributed by atoms with E-state index in [1.807, 2.05) is 5.38 Å². The van der Waals surface area contributed by atoms with Crippen molar-refractivity contribution in [2.24, 2.45) is 0 Å². The first-order valence-corrected chi connectivity index (χ1v) is 6.35. The molecule has 0 aliphatic carbocycles. The fourth-order valence-corrected chi connectivity index (χ4v) is 2.20. The molecule has 0 fully saturated rings. The van der Waals surface area contributed by atoms with Crippen LogP contribution < -0.4 is 4.74 Å². The summed E-state index contributed by atoms with van der Waals surface area (Å²) in [6, 6.07) is 6.41. The second-order valence-corrected chi connectivity index (χ2v) is 4.91. The van der Waals surface area contributed by atoms with Crippen LogP contribution in [-0.2, 0) is 12.8 Å². The van der Waals surface area contributed by atoms with Gasteiger partial charge in [-0.05, 0) is 29.6 Å². The van der Waals surface area contributed by atoms with Gasteiger partial charge in [-0.2, -0.15) is 13.2 Å². The molecule has 106 valence electrons. The van der Waals surface area contributed by atoms with Crippen LogP contribution in [0.2, 0.25) is 0 Å². The molecule has 0 amide bonds. The molecule has 1 aromatic carbocycles. The quantitative estimate of drug-likeness (QED) is 0.927. The van der Waals surface area contributed by atoms with E-state index in [0.29, 0.717) is 6.07 Å². The normalized spacial score (nSPS) is 11.3. The van der Waals surface area contributed by atoms with Gasteiger partial charge in [0.2, 0.25) is 0 Å². The van der Waals surface area contributed by atoms with Gasteiger partial charge in [-0.1, -0.05) is 6.07 Å². The number of hydrogen-bond donors (Lipinski definition) is 1. The molecule has 0 aliphatic heterocycles. The Kier molecular flexibility index (Phi) is 3.99. The lowest BCUT2D eigenvalue weighted by molar-refractivity contribution is -0.138. The molecule has 20 heavy (non-hydrogen) atoms. The van der Waals surface area contributed by atoms with E-state index >= 15 is 0 Å². The lowest BCUT2D eigenvalue weighted by Crippen LogP contribution is -2.13. The van der Waals surface area contributed by atoms with Gasteiger partial charge in [0.15, 0.2) is 0 Å². The molecular formula is C13H9F3O3S. The monoisotopic (exact) mass is 302 g/mol. The van der Waals surface area contributed by atoms with Gasteiger partial charge in [0.25, 0.3) is 0 Å². The average molecular weight is 302 g/mol. The Labute approximate surface area is 116 Å². The van der Waals surface area contributed by atoms with E-state index in [2.05, 4.69) is 0 Å². The summed E-state index contributed by atoms with van der Waals surface area (Å²) >= 11 is 1.42. The molecule has 0 radical (unpaired) electrons. The first-order chi connectivity index (χ1) is 9.38. The topological polar surface area (TPSA) is 46.5 Å². The van der Waals surface area contributed by atoms with Crippen LogP contribution in [0.1, 0.15) is 20.8 Å². The maximum atomic E-state index is 12.8. The third kappa shape index (κ3) is 3.30. The summed E-state index contributed by atoms with van der Waals surface area (Å²) in [4.78, 5) is 11.6. The Morgan fingerprint density at radius 1 is 1.30 bits per heavy atom. The van der Waals surface area contributed by atoms with Crippen LogP contribution in [0.25, 0.3) is 0 Å². The zero-order valence-corrected chi connectivity index (χ0v) is 10.8. The summed E-state index contributed by atoms with van der Waals surface area (Å²) in [7, 11) is 0. The van der Waals surface area contributed by atoms with Crippen molar-refractivity contribution < 1.29 is 27.8 Å². The number of aromatic carboxylic acids is 1. The average Bonchev–Trinajstić information content (AvgIpc) is 2.88. The molecule has 1 heterocycles. The van der Waals surface area contributed by atoms with Crippen molar-refractivity contribution in [1.82, 2.24) is 0 Å². The fourth-order valence-electron chi connectivity index (χ4n) is 1.58. The van der Waals surface area contributed by atoms with Crippen molar-refractivity contribution in [1.29, 1.82) is 0 Å². The van der Waals surface area contributed by atoms with Crippen LogP contribution in [0, 0.1) is 0 Å². The molecule has 2 aromatic rings. The van der Waals surface area contributed by atoms with E-state index in [1.165, 1.54) is 17.4 Å². The summed E-state index contributed by atoms with van der Waals surface area (Å²) in [6.07, 6.45) is -4.74. The number of hydrogen-bond acceptors (Lipinski definition) is 3. The van der Waals surface area contributed by atoms with Crippen molar-refractivity contribution in [3.05, 3.63) is 51.7 Å². The van der Waals surface area contributed by atoms with Crippen LogP contribution >= 0.6 is 11.3 Å². The maximum absolute atomic E-state index is 12.8. The van der Waals surface area contributed by atoms with E-state index in [-0.39, 0.29) is 12.4 Å². The van der Waals surface area contributed by atoms with E-state index in [4.69, 9.17) is 9.84 Å². The number of ether oxygens (including phenoxy) is 1. The van der Waals surface area contributed by atoms with Gasteiger partial charge in [-0.25, -0.2) is 4.79 Å². The van der Waals surface area contributed by atoms with Crippen molar-refractivity contribution in [2.45, 2.75) is 12.8 Å². The van der Waals surface area contributed by atoms with Crippen LogP contribution in [-0.4, -0.2) is 11.1 Å². The molecule has 1 N–H and O–H groups in total. The molecule has 3 nitrogen and oxygen atoms in total. The maximum Gasteiger partial charge on any atom is 0.417 e. The third-order valence-electron chi connectivity index (χ3n) is 2.49. The van der Waals surface area contributed by atoms with Crippen molar-refractivity contribution in [3.63, 3.8) is 0 Å². The molecule has 0 spiro atoms. The van der Waals surface area contributed by atoms with Crippen molar-refractivity contribution in [2.75, 3.05) is 0 Å². The number of thiophene rings is 1. The second-order valence-electron chi connectivity index (χ2n) is 3.88. The lowest BCUT2D eigenvalue weighted by atomic mass is 10.1. The van der Waals surface area contributed by atoms with Gasteiger partial charge < -0.3 is 9.84 Å². The molecule has 0 bridgehead atoms. The molecule has 0 saturated carbocycles. The van der Waals surface area contributed by atoms with Gasteiger partial charge in [0.05, 0.1) is 11.1 Å². The first kappa shape index (κ1) is 14.4. The predicted molar refractivity (Wildman–Crippen MR) is 67.1 cm³/mol. The number of rotatable bonds is 4. The highest BCUT2D eigenvalue weighted by atomic mass is 32.1. The van der Waals surface area contributed by atoms with Crippen molar-refractivity contribution in [3.8, 4) is 5.75 Å². The molecule has 0 aliphatic rings. The van der Waals surface area contributed by atoms with Crippen LogP contribution in [0.4, 0.5) is 13.2 Å². The molecule has 2 rings (SSSR count). The van der Waals surface area contributed by atoms with Gasteiger partial charge in [0.1, 0.15) is 12.4 Å². The van der Waals surface area contributed by atoms with Gasteiger partial charge in [-0.3, -0.25) is 0 Å². The lowest BCUT2D eigenvalue weighted by Gasteiger charge is -2.12. The van der Waals surface area contributed by atoms with E-state index in [1.54, 1.807) is 12.1 Å².